The molecule has 0 radical (unpaired) electrons. The number of ether oxygens (including phenoxy) is 3. The number of hydrogen-bond donors (Lipinski definition) is 2. The van der Waals surface area contributed by atoms with Gasteiger partial charge < -0.3 is 29.7 Å². The molecule has 36 heavy (non-hydrogen) atoms. The number of benzene rings is 2. The molecule has 0 saturated carbocycles. The highest BCUT2D eigenvalue weighted by Gasteiger charge is 2.23. The molecule has 1 saturated heterocycles. The van der Waals surface area contributed by atoms with Crippen LogP contribution in [0.5, 0.6) is 11.5 Å². The number of alkyl carbamates (subject to hydrolysis) is 1. The summed E-state index contributed by atoms with van der Waals surface area (Å²) < 4.78 is 30.2. The van der Waals surface area contributed by atoms with Gasteiger partial charge in [0.2, 0.25) is 0 Å². The van der Waals surface area contributed by atoms with Crippen LogP contribution in [0.4, 0.5) is 20.7 Å². The first kappa shape index (κ1) is 25.4. The van der Waals surface area contributed by atoms with E-state index in [4.69, 9.17) is 14.2 Å². The number of carbonyl (C=O) groups is 1. The van der Waals surface area contributed by atoms with Gasteiger partial charge in [-0.25, -0.2) is 19.2 Å². The van der Waals surface area contributed by atoms with Crippen LogP contribution in [-0.4, -0.2) is 67.0 Å². The van der Waals surface area contributed by atoms with E-state index < -0.39 is 0 Å². The summed E-state index contributed by atoms with van der Waals surface area (Å²) in [4.78, 5) is 22.7. The van der Waals surface area contributed by atoms with Gasteiger partial charge in [-0.1, -0.05) is 0 Å². The summed E-state index contributed by atoms with van der Waals surface area (Å²) in [5.74, 6) is 1.52. The zero-order valence-electron chi connectivity index (χ0n) is 20.8. The Morgan fingerprint density at radius 3 is 2.86 bits per heavy atom. The number of methoxy groups -OCH3 is 1. The number of halogens is 1. The van der Waals surface area contributed by atoms with Gasteiger partial charge in [0.1, 0.15) is 18.0 Å². The summed E-state index contributed by atoms with van der Waals surface area (Å²) in [7, 11) is 1.59. The van der Waals surface area contributed by atoms with Gasteiger partial charge in [-0.15, -0.1) is 0 Å². The molecule has 1 aliphatic rings. The second-order valence-electron chi connectivity index (χ2n) is 8.68. The molecule has 1 amide bonds. The number of likely N-dealkylation sites (tertiary alicyclic amines) is 1. The molecule has 2 heterocycles. The van der Waals surface area contributed by atoms with E-state index in [0.29, 0.717) is 41.6 Å². The lowest BCUT2D eigenvalue weighted by Gasteiger charge is -2.17. The van der Waals surface area contributed by atoms with Crippen molar-refractivity contribution in [1.29, 1.82) is 0 Å². The van der Waals surface area contributed by atoms with E-state index in [1.165, 1.54) is 12.4 Å². The molecule has 10 heteroatoms. The average molecular weight is 498 g/mol. The second kappa shape index (κ2) is 11.9. The van der Waals surface area contributed by atoms with Gasteiger partial charge in [0.05, 0.1) is 25.8 Å². The first-order chi connectivity index (χ1) is 17.5. The van der Waals surface area contributed by atoms with E-state index in [1.807, 2.05) is 12.1 Å². The Morgan fingerprint density at radius 1 is 1.22 bits per heavy atom. The number of carbonyl (C=O) groups excluding carboxylic acids is 1. The van der Waals surface area contributed by atoms with Crippen LogP contribution < -0.4 is 20.1 Å². The predicted octanol–water partition coefficient (Wildman–Crippen LogP) is 4.42. The van der Waals surface area contributed by atoms with Crippen LogP contribution >= 0.6 is 0 Å². The number of nitrogens with zero attached hydrogens (tertiary/aromatic N) is 3. The van der Waals surface area contributed by atoms with Gasteiger partial charge in [0.15, 0.2) is 11.5 Å². The number of aryl methyl sites for hydroxylation is 1. The highest BCUT2D eigenvalue weighted by Crippen LogP contribution is 2.35. The second-order valence-corrected chi connectivity index (χ2v) is 8.68. The van der Waals surface area contributed by atoms with E-state index in [2.05, 4.69) is 25.5 Å². The number of anilines is 2. The van der Waals surface area contributed by atoms with E-state index in [1.54, 1.807) is 33.1 Å². The lowest BCUT2D eigenvalue weighted by Crippen LogP contribution is -2.37. The fourth-order valence-electron chi connectivity index (χ4n) is 4.26. The Kier molecular flexibility index (Phi) is 8.37. The Morgan fingerprint density at radius 2 is 2.08 bits per heavy atom. The SMILES string of the molecule is CCOC(=O)NC1CCN(CCCOc2cc3c(Nc4ccc(F)c(C)c4)ncnc3cc2OC)C1. The van der Waals surface area contributed by atoms with Crippen LogP contribution in [0, 0.1) is 12.7 Å². The van der Waals surface area contributed by atoms with Gasteiger partial charge in [-0.3, -0.25) is 0 Å². The summed E-state index contributed by atoms with van der Waals surface area (Å²) in [5.41, 5.74) is 1.98. The molecule has 1 fully saturated rings. The minimum Gasteiger partial charge on any atom is -0.493 e. The maximum atomic E-state index is 13.7. The molecule has 192 valence electrons. The molecular weight excluding hydrogens is 465 g/mol. The summed E-state index contributed by atoms with van der Waals surface area (Å²) in [5, 5.41) is 6.92. The van der Waals surface area contributed by atoms with Crippen molar-refractivity contribution in [2.45, 2.75) is 32.7 Å². The van der Waals surface area contributed by atoms with E-state index >= 15 is 0 Å². The highest BCUT2D eigenvalue weighted by atomic mass is 19.1. The van der Waals surface area contributed by atoms with Crippen molar-refractivity contribution >= 4 is 28.5 Å². The Bertz CT molecular complexity index is 1210. The molecule has 9 nitrogen and oxygen atoms in total. The van der Waals surface area contributed by atoms with Gasteiger partial charge in [0, 0.05) is 42.8 Å². The van der Waals surface area contributed by atoms with Crippen molar-refractivity contribution in [3.63, 3.8) is 0 Å². The maximum Gasteiger partial charge on any atom is 0.407 e. The summed E-state index contributed by atoms with van der Waals surface area (Å²) in [6.45, 7) is 6.96. The third-order valence-corrected chi connectivity index (χ3v) is 6.09. The monoisotopic (exact) mass is 497 g/mol. The number of nitrogens with one attached hydrogen (secondary N) is 2. The van der Waals surface area contributed by atoms with Crippen molar-refractivity contribution in [2.75, 3.05) is 45.3 Å². The van der Waals surface area contributed by atoms with Crippen LogP contribution in [0.1, 0.15) is 25.3 Å². The molecule has 0 bridgehead atoms. The van der Waals surface area contributed by atoms with Gasteiger partial charge in [-0.2, -0.15) is 0 Å². The lowest BCUT2D eigenvalue weighted by atomic mass is 10.2. The minimum atomic E-state index is -0.358. The van der Waals surface area contributed by atoms with E-state index in [-0.39, 0.29) is 18.0 Å². The quantitative estimate of drug-likeness (QED) is 0.398. The van der Waals surface area contributed by atoms with Crippen molar-refractivity contribution in [3.05, 3.63) is 48.0 Å². The standard InChI is InChI=1S/C26H32FN5O4/c1-4-35-26(33)31-19-8-10-32(15-19)9-5-11-36-24-13-20-22(14-23(24)34-3)28-16-29-25(20)30-18-6-7-21(27)17(2)12-18/h6-7,12-14,16,19H,4-5,8-11,15H2,1-3H3,(H,31,33)(H,28,29,30). The zero-order valence-corrected chi connectivity index (χ0v) is 20.8. The zero-order chi connectivity index (χ0) is 25.5. The van der Waals surface area contributed by atoms with E-state index in [0.717, 1.165) is 43.5 Å². The Labute approximate surface area is 210 Å². The molecule has 3 aromatic rings. The van der Waals surface area contributed by atoms with Crippen molar-refractivity contribution in [3.8, 4) is 11.5 Å². The predicted molar refractivity (Wildman–Crippen MR) is 136 cm³/mol. The number of aromatic nitrogens is 2. The fourth-order valence-corrected chi connectivity index (χ4v) is 4.26. The normalized spacial score (nSPS) is 15.6. The topological polar surface area (TPSA) is 97.8 Å². The fraction of sp³-hybridized carbons (Fsp3) is 0.423. The highest BCUT2D eigenvalue weighted by molar-refractivity contribution is 5.93. The lowest BCUT2D eigenvalue weighted by molar-refractivity contribution is 0.148. The molecule has 2 aromatic carbocycles. The Balaban J connectivity index is 1.38. The van der Waals surface area contributed by atoms with Gasteiger partial charge >= 0.3 is 6.09 Å². The van der Waals surface area contributed by atoms with Crippen LogP contribution in [0.25, 0.3) is 10.9 Å². The first-order valence-electron chi connectivity index (χ1n) is 12.1. The third kappa shape index (κ3) is 6.31. The minimum absolute atomic E-state index is 0.112. The first-order valence-corrected chi connectivity index (χ1v) is 12.1. The van der Waals surface area contributed by atoms with Gasteiger partial charge in [-0.05, 0) is 56.5 Å². The number of hydrogen-bond acceptors (Lipinski definition) is 8. The summed E-state index contributed by atoms with van der Waals surface area (Å²) in [6.07, 6.45) is 2.84. The van der Waals surface area contributed by atoms with Crippen molar-refractivity contribution < 1.29 is 23.4 Å². The Hall–Kier alpha value is -3.66. The molecule has 0 aliphatic carbocycles. The molecule has 0 spiro atoms. The molecule has 1 aliphatic heterocycles. The molecular formula is C26H32FN5O4. The maximum absolute atomic E-state index is 13.7. The number of fused-ring (bicyclic) bond motifs is 1. The van der Waals surface area contributed by atoms with Crippen LogP contribution in [-0.2, 0) is 4.74 Å². The van der Waals surface area contributed by atoms with Crippen LogP contribution in [0.2, 0.25) is 0 Å². The van der Waals surface area contributed by atoms with Gasteiger partial charge in [0.25, 0.3) is 0 Å². The van der Waals surface area contributed by atoms with Crippen LogP contribution in [0.15, 0.2) is 36.7 Å². The van der Waals surface area contributed by atoms with Crippen molar-refractivity contribution in [1.82, 2.24) is 20.2 Å². The molecule has 4 rings (SSSR count). The largest absolute Gasteiger partial charge is 0.493 e. The average Bonchev–Trinajstić information content (AvgIpc) is 3.31. The molecule has 1 aromatic heterocycles. The summed E-state index contributed by atoms with van der Waals surface area (Å²) in [6, 6.07) is 8.62. The van der Waals surface area contributed by atoms with Crippen molar-refractivity contribution in [2.24, 2.45) is 0 Å². The smallest absolute Gasteiger partial charge is 0.407 e. The van der Waals surface area contributed by atoms with Crippen LogP contribution in [0.3, 0.4) is 0 Å². The number of amides is 1. The molecule has 1 atom stereocenters. The third-order valence-electron chi connectivity index (χ3n) is 6.09. The number of rotatable bonds is 10. The van der Waals surface area contributed by atoms with E-state index in [9.17, 15) is 9.18 Å². The molecule has 2 N–H and O–H groups in total. The summed E-state index contributed by atoms with van der Waals surface area (Å²) >= 11 is 0. The molecule has 1 unspecified atom stereocenters.